The quantitative estimate of drug-likeness (QED) is 0.0852. The van der Waals surface area contributed by atoms with Gasteiger partial charge in [0.1, 0.15) is 11.4 Å². The molecule has 2 amide bonds. The lowest BCUT2D eigenvalue weighted by Crippen LogP contribution is -2.34. The lowest BCUT2D eigenvalue weighted by molar-refractivity contribution is 0.0622. The average molecular weight is 752 g/mol. The number of halogens is 2. The molecular formula is C34H45Br2N3O2S2. The molecule has 0 aromatic carbocycles. The molecule has 0 spiro atoms. The molecule has 3 aromatic heterocycles. The van der Waals surface area contributed by atoms with E-state index in [1.54, 1.807) is 0 Å². The normalized spacial score (nSPS) is 13.7. The number of unbranched alkanes of at least 4 members (excludes halogenated alkanes) is 12. The van der Waals surface area contributed by atoms with Gasteiger partial charge < -0.3 is 0 Å². The zero-order valence-electron chi connectivity index (χ0n) is 25.6. The Hall–Kier alpha value is -1.42. The number of fused-ring (bicyclic) bond motifs is 1. The summed E-state index contributed by atoms with van der Waals surface area (Å²) in [7, 11) is 0. The smallest absolute Gasteiger partial charge is 0.263 e. The summed E-state index contributed by atoms with van der Waals surface area (Å²) in [6.45, 7) is 4.98. The third-order valence-electron chi connectivity index (χ3n) is 8.38. The second-order valence-corrected chi connectivity index (χ2v) is 16.7. The fourth-order valence-electron chi connectivity index (χ4n) is 5.97. The van der Waals surface area contributed by atoms with Crippen molar-refractivity contribution in [3.8, 4) is 21.1 Å². The minimum Gasteiger partial charge on any atom is -0.274 e. The highest BCUT2D eigenvalue weighted by atomic mass is 79.9. The van der Waals surface area contributed by atoms with Gasteiger partial charge in [0.25, 0.3) is 11.8 Å². The molecule has 234 valence electrons. The van der Waals surface area contributed by atoms with E-state index >= 15 is 0 Å². The van der Waals surface area contributed by atoms with E-state index < -0.39 is 0 Å². The topological polar surface area (TPSA) is 63.2 Å². The lowest BCUT2D eigenvalue weighted by Gasteiger charge is -2.23. The monoisotopic (exact) mass is 749 g/mol. The first kappa shape index (κ1) is 34.5. The Morgan fingerprint density at radius 3 is 1.40 bits per heavy atom. The van der Waals surface area contributed by atoms with E-state index in [1.165, 1.54) is 105 Å². The standard InChI is InChI=1S/C34H45Br2N3O2S2/c1-3-5-7-9-11-12-14-16-18-24(17-15-13-10-8-6-4-2)23-39-33(40)29-30(34(39)41)32(26-20-22-28(36)43-26)38-37-31(29)25-19-21-27(35)42-25/h19-22,24H,3-18,23H2,1-2H3. The van der Waals surface area contributed by atoms with Crippen LogP contribution in [-0.2, 0) is 0 Å². The summed E-state index contributed by atoms with van der Waals surface area (Å²) in [6, 6.07) is 7.75. The maximum Gasteiger partial charge on any atom is 0.263 e. The van der Waals surface area contributed by atoms with E-state index in [0.717, 1.165) is 43.0 Å². The number of amides is 2. The Labute approximate surface area is 282 Å². The first-order valence-electron chi connectivity index (χ1n) is 16.2. The van der Waals surface area contributed by atoms with Crippen LogP contribution in [0.5, 0.6) is 0 Å². The second-order valence-electron chi connectivity index (χ2n) is 11.8. The Bertz CT molecular complexity index is 1260. The molecule has 9 heteroatoms. The maximum absolute atomic E-state index is 14.1. The molecule has 5 nitrogen and oxygen atoms in total. The Morgan fingerprint density at radius 1 is 0.628 bits per heavy atom. The van der Waals surface area contributed by atoms with Crippen LogP contribution in [-0.4, -0.2) is 33.5 Å². The van der Waals surface area contributed by atoms with Crippen molar-refractivity contribution in [2.24, 2.45) is 5.92 Å². The van der Waals surface area contributed by atoms with Crippen molar-refractivity contribution in [1.29, 1.82) is 0 Å². The van der Waals surface area contributed by atoms with Gasteiger partial charge in [-0.15, -0.1) is 32.9 Å². The summed E-state index contributed by atoms with van der Waals surface area (Å²) in [5, 5.41) is 9.06. The van der Waals surface area contributed by atoms with Crippen LogP contribution in [0.4, 0.5) is 0 Å². The first-order valence-corrected chi connectivity index (χ1v) is 19.4. The minimum atomic E-state index is -0.227. The van der Waals surface area contributed by atoms with E-state index in [4.69, 9.17) is 0 Å². The number of carbonyl (C=O) groups excluding carboxylic acids is 2. The van der Waals surface area contributed by atoms with Crippen LogP contribution in [0.1, 0.15) is 137 Å². The second kappa shape index (κ2) is 17.9. The van der Waals surface area contributed by atoms with E-state index in [0.29, 0.717) is 35.0 Å². The van der Waals surface area contributed by atoms with Crippen molar-refractivity contribution in [2.75, 3.05) is 6.54 Å². The largest absolute Gasteiger partial charge is 0.274 e. The number of rotatable bonds is 20. The summed E-state index contributed by atoms with van der Waals surface area (Å²) in [5.74, 6) is -0.140. The fraction of sp³-hybridized carbons (Fsp3) is 0.588. The summed E-state index contributed by atoms with van der Waals surface area (Å²) in [5.41, 5.74) is 1.81. The fourth-order valence-corrected chi connectivity index (χ4v) is 8.73. The summed E-state index contributed by atoms with van der Waals surface area (Å²) in [4.78, 5) is 31.4. The van der Waals surface area contributed by atoms with Gasteiger partial charge in [0.15, 0.2) is 0 Å². The van der Waals surface area contributed by atoms with Gasteiger partial charge in [0.2, 0.25) is 0 Å². The van der Waals surface area contributed by atoms with Gasteiger partial charge in [-0.3, -0.25) is 14.5 Å². The number of carbonyl (C=O) groups is 2. The first-order chi connectivity index (χ1) is 20.9. The Balaban J connectivity index is 1.51. The third-order valence-corrected chi connectivity index (χ3v) is 11.6. The number of aromatic nitrogens is 2. The number of imide groups is 1. The van der Waals surface area contributed by atoms with Crippen molar-refractivity contribution < 1.29 is 9.59 Å². The van der Waals surface area contributed by atoms with Crippen LogP contribution < -0.4 is 0 Å². The number of hydrogen-bond acceptors (Lipinski definition) is 6. The van der Waals surface area contributed by atoms with Gasteiger partial charge in [0.05, 0.1) is 28.5 Å². The van der Waals surface area contributed by atoms with Gasteiger partial charge in [-0.05, 0) is 74.9 Å². The van der Waals surface area contributed by atoms with Gasteiger partial charge in [0, 0.05) is 6.54 Å². The van der Waals surface area contributed by atoms with Crippen LogP contribution in [0.15, 0.2) is 31.8 Å². The van der Waals surface area contributed by atoms with Crippen molar-refractivity contribution in [3.05, 3.63) is 43.0 Å². The highest BCUT2D eigenvalue weighted by Crippen LogP contribution is 2.41. The average Bonchev–Trinajstić information content (AvgIpc) is 3.70. The molecule has 3 aromatic rings. The molecule has 1 aliphatic heterocycles. The van der Waals surface area contributed by atoms with Gasteiger partial charge in [-0.2, -0.15) is 0 Å². The Kier molecular flexibility index (Phi) is 14.3. The molecule has 4 heterocycles. The van der Waals surface area contributed by atoms with Crippen LogP contribution >= 0.6 is 54.5 Å². The predicted molar refractivity (Wildman–Crippen MR) is 188 cm³/mol. The SMILES string of the molecule is CCCCCCCCCCC(CCCCCCCC)CN1C(=O)c2c(-c3ccc(Br)s3)nnc(-c3ccc(Br)s3)c2C1=O. The van der Waals surface area contributed by atoms with E-state index in [9.17, 15) is 9.59 Å². The van der Waals surface area contributed by atoms with E-state index in [-0.39, 0.29) is 11.8 Å². The Morgan fingerprint density at radius 2 is 1.02 bits per heavy atom. The van der Waals surface area contributed by atoms with Gasteiger partial charge in [-0.25, -0.2) is 0 Å². The summed E-state index contributed by atoms with van der Waals surface area (Å²) < 4.78 is 1.89. The summed E-state index contributed by atoms with van der Waals surface area (Å²) in [6.07, 6.45) is 19.9. The molecule has 0 bridgehead atoms. The van der Waals surface area contributed by atoms with Gasteiger partial charge in [-0.1, -0.05) is 104 Å². The van der Waals surface area contributed by atoms with Crippen molar-refractivity contribution in [2.45, 2.75) is 117 Å². The molecule has 0 saturated carbocycles. The van der Waals surface area contributed by atoms with Crippen molar-refractivity contribution in [3.63, 3.8) is 0 Å². The zero-order valence-corrected chi connectivity index (χ0v) is 30.4. The van der Waals surface area contributed by atoms with Crippen LogP contribution in [0.3, 0.4) is 0 Å². The van der Waals surface area contributed by atoms with Gasteiger partial charge >= 0.3 is 0 Å². The molecule has 0 aliphatic carbocycles. The minimum absolute atomic E-state index is 0.227. The molecule has 1 aliphatic rings. The highest BCUT2D eigenvalue weighted by Gasteiger charge is 2.42. The molecule has 0 N–H and O–H groups in total. The number of nitrogens with zero attached hydrogens (tertiary/aromatic N) is 3. The number of hydrogen-bond donors (Lipinski definition) is 0. The van der Waals surface area contributed by atoms with Crippen LogP contribution in [0.25, 0.3) is 21.1 Å². The molecule has 43 heavy (non-hydrogen) atoms. The number of thiophene rings is 2. The zero-order chi connectivity index (χ0) is 30.6. The van der Waals surface area contributed by atoms with E-state index in [2.05, 4.69) is 55.9 Å². The molecule has 0 fully saturated rings. The summed E-state index contributed by atoms with van der Waals surface area (Å²) >= 11 is 10.1. The molecule has 1 unspecified atom stereocenters. The maximum atomic E-state index is 14.1. The van der Waals surface area contributed by atoms with Crippen molar-refractivity contribution >= 4 is 66.3 Å². The molecule has 1 atom stereocenters. The van der Waals surface area contributed by atoms with Crippen LogP contribution in [0.2, 0.25) is 0 Å². The highest BCUT2D eigenvalue weighted by molar-refractivity contribution is 9.11. The molecule has 0 radical (unpaired) electrons. The third kappa shape index (κ3) is 9.54. The predicted octanol–water partition coefficient (Wildman–Crippen LogP) is 12.0. The molecular weight excluding hydrogens is 706 g/mol. The van der Waals surface area contributed by atoms with E-state index in [1.807, 2.05) is 24.3 Å². The van der Waals surface area contributed by atoms with Crippen LogP contribution in [0, 0.1) is 5.92 Å². The lowest BCUT2D eigenvalue weighted by atomic mass is 9.93. The van der Waals surface area contributed by atoms with Crippen molar-refractivity contribution in [1.82, 2.24) is 15.1 Å². The molecule has 4 rings (SSSR count). The molecule has 0 saturated heterocycles.